The minimum absolute atomic E-state index is 0. The van der Waals surface area contributed by atoms with E-state index in [4.69, 9.17) is 0 Å². The van der Waals surface area contributed by atoms with Gasteiger partial charge >= 0.3 is 58.2 Å². The third-order valence-electron chi connectivity index (χ3n) is 2.81. The average molecular weight is 600 g/mol. The van der Waals surface area contributed by atoms with E-state index >= 15 is 0 Å². The van der Waals surface area contributed by atoms with Gasteiger partial charge in [0.1, 0.15) is 6.47 Å². The number of hydrogen-bond donors (Lipinski definition) is 0. The summed E-state index contributed by atoms with van der Waals surface area (Å²) in [5.41, 5.74) is 0. The van der Waals surface area contributed by atoms with Crippen molar-refractivity contribution in [2.45, 2.75) is 64.8 Å². The fourth-order valence-corrected chi connectivity index (χ4v) is 2.89. The minimum atomic E-state index is -1.30. The first-order chi connectivity index (χ1) is 8.25. The molecular weight excluding hydrogens is 581 g/mol. The van der Waals surface area contributed by atoms with E-state index in [-0.39, 0.29) is 58.2 Å². The van der Waals surface area contributed by atoms with Crippen molar-refractivity contribution in [1.82, 2.24) is 0 Å². The number of carboxylic acids is 1. The fraction of sp³-hybridized carbons (Fsp3) is 0.917. The SMILES string of the molecule is CCCCCCCCCC(Br)(Br)C(Br)(Br)C(=O)[O-].[Rb+]. The van der Waals surface area contributed by atoms with Gasteiger partial charge in [0.15, 0.2) is 0 Å². The molecule has 7 heteroatoms. The first kappa shape index (κ1) is 24.4. The zero-order chi connectivity index (χ0) is 14.2. The molecule has 108 valence electrons. The van der Waals surface area contributed by atoms with Crippen molar-refractivity contribution in [2.75, 3.05) is 0 Å². The van der Waals surface area contributed by atoms with Crippen LogP contribution in [0.15, 0.2) is 0 Å². The smallest absolute Gasteiger partial charge is 0.548 e. The first-order valence-electron chi connectivity index (χ1n) is 6.22. The normalized spacial score (nSPS) is 12.1. The zero-order valence-corrected chi connectivity index (χ0v) is 22.7. The van der Waals surface area contributed by atoms with Gasteiger partial charge in [0, 0.05) is 0 Å². The van der Waals surface area contributed by atoms with Gasteiger partial charge in [0.2, 0.25) is 0 Å². The largest absolute Gasteiger partial charge is 1.00 e. The predicted molar refractivity (Wildman–Crippen MR) is 88.8 cm³/mol. The summed E-state index contributed by atoms with van der Waals surface area (Å²) in [5, 5.41) is 11.0. The molecule has 0 aromatic heterocycles. The predicted octanol–water partition coefficient (Wildman–Crippen LogP) is 1.85. The van der Waals surface area contributed by atoms with Crippen molar-refractivity contribution in [3.63, 3.8) is 0 Å². The number of carbonyl (C=O) groups excluding carboxylic acids is 1. The second-order valence-corrected chi connectivity index (χ2v) is 11.7. The third kappa shape index (κ3) is 9.82. The van der Waals surface area contributed by atoms with Crippen LogP contribution in [0.2, 0.25) is 0 Å². The van der Waals surface area contributed by atoms with Crippen LogP contribution in [0, 0.1) is 0 Å². The molecule has 0 spiro atoms. The van der Waals surface area contributed by atoms with Crippen LogP contribution in [0.3, 0.4) is 0 Å². The van der Waals surface area contributed by atoms with E-state index in [2.05, 4.69) is 70.6 Å². The van der Waals surface area contributed by atoms with Gasteiger partial charge in [-0.3, -0.25) is 0 Å². The van der Waals surface area contributed by atoms with E-state index in [9.17, 15) is 9.90 Å². The van der Waals surface area contributed by atoms with Gasteiger partial charge in [0.05, 0.1) is 5.97 Å². The van der Waals surface area contributed by atoms with Crippen molar-refractivity contribution in [3.05, 3.63) is 0 Å². The standard InChI is InChI=1S/C12H20Br4O2.Rb/c1-2-3-4-5-6-7-8-9-11(13,14)12(15,16)10(17)18;/h2-9H2,1H3,(H,17,18);/q;+1/p-1. The first-order valence-corrected chi connectivity index (χ1v) is 9.40. The molecule has 0 saturated heterocycles. The maximum atomic E-state index is 11.0. The molecule has 0 rings (SSSR count). The van der Waals surface area contributed by atoms with Crippen molar-refractivity contribution in [2.24, 2.45) is 0 Å². The molecule has 0 saturated carbocycles. The van der Waals surface area contributed by atoms with E-state index in [0.717, 1.165) is 12.8 Å². The molecule has 0 unspecified atom stereocenters. The van der Waals surface area contributed by atoms with E-state index in [1.54, 1.807) is 0 Å². The molecule has 0 radical (unpaired) electrons. The summed E-state index contributed by atoms with van der Waals surface area (Å²) in [6.07, 6.45) is 9.11. The molecule has 0 aliphatic heterocycles. The van der Waals surface area contributed by atoms with Gasteiger partial charge in [-0.15, -0.1) is 0 Å². The van der Waals surface area contributed by atoms with Crippen LogP contribution in [-0.4, -0.2) is 12.4 Å². The Balaban J connectivity index is 0. The molecule has 0 bridgehead atoms. The molecule has 19 heavy (non-hydrogen) atoms. The van der Waals surface area contributed by atoms with Crippen molar-refractivity contribution in [1.29, 1.82) is 0 Å². The number of rotatable bonds is 10. The third-order valence-corrected chi connectivity index (χ3v) is 8.92. The Bertz CT molecular complexity index is 260. The number of aliphatic carboxylic acids is 1. The van der Waals surface area contributed by atoms with Gasteiger partial charge in [-0.25, -0.2) is 0 Å². The van der Waals surface area contributed by atoms with Crippen LogP contribution in [0.25, 0.3) is 0 Å². The number of alkyl halides is 4. The Morgan fingerprint density at radius 2 is 1.37 bits per heavy atom. The minimum Gasteiger partial charge on any atom is -0.548 e. The summed E-state index contributed by atoms with van der Waals surface area (Å²) >= 11 is 13.1. The van der Waals surface area contributed by atoms with Crippen LogP contribution in [0.1, 0.15) is 58.3 Å². The topological polar surface area (TPSA) is 40.1 Å². The van der Waals surface area contributed by atoms with Crippen LogP contribution in [-0.2, 0) is 4.79 Å². The van der Waals surface area contributed by atoms with Gasteiger partial charge in [-0.2, -0.15) is 0 Å². The maximum absolute atomic E-state index is 11.0. The quantitative estimate of drug-likeness (QED) is 0.284. The van der Waals surface area contributed by atoms with E-state index in [1.165, 1.54) is 32.1 Å². The number of hydrogen-bond acceptors (Lipinski definition) is 2. The Morgan fingerprint density at radius 3 is 1.79 bits per heavy atom. The Labute approximate surface area is 198 Å². The molecule has 2 nitrogen and oxygen atoms in total. The number of unbranched alkanes of at least 4 members (excludes halogenated alkanes) is 6. The van der Waals surface area contributed by atoms with Gasteiger partial charge < -0.3 is 9.90 Å². The Hall–Kier alpha value is 3.20. The van der Waals surface area contributed by atoms with Crippen LogP contribution >= 0.6 is 63.7 Å². The van der Waals surface area contributed by atoms with Crippen LogP contribution < -0.4 is 63.3 Å². The molecule has 0 aromatic carbocycles. The van der Waals surface area contributed by atoms with Crippen molar-refractivity contribution < 1.29 is 68.1 Å². The molecule has 0 aliphatic rings. The summed E-state index contributed by atoms with van der Waals surface area (Å²) in [6, 6.07) is 0. The van der Waals surface area contributed by atoms with Crippen LogP contribution in [0.5, 0.6) is 0 Å². The summed E-state index contributed by atoms with van der Waals surface area (Å²) in [6.45, 7) is 2.20. The number of carboxylic acid groups (broad SMARTS) is 1. The molecular formula is C12H19Br4O2Rb. The monoisotopic (exact) mass is 596 g/mol. The molecule has 0 aromatic rings. The van der Waals surface area contributed by atoms with Crippen LogP contribution in [0.4, 0.5) is 0 Å². The summed E-state index contributed by atoms with van der Waals surface area (Å²) in [4.78, 5) is 11.0. The van der Waals surface area contributed by atoms with Gasteiger partial charge in [-0.1, -0.05) is 116 Å². The number of carbonyl (C=O) groups is 1. The summed E-state index contributed by atoms with van der Waals surface area (Å²) in [5.74, 6) is -1.20. The van der Waals surface area contributed by atoms with E-state index < -0.39 is 12.4 Å². The molecule has 0 aliphatic carbocycles. The zero-order valence-electron chi connectivity index (χ0n) is 11.5. The molecule has 0 fully saturated rings. The van der Waals surface area contributed by atoms with Gasteiger partial charge in [0.25, 0.3) is 0 Å². The Kier molecular flexibility index (Phi) is 16.2. The van der Waals surface area contributed by atoms with Crippen molar-refractivity contribution >= 4 is 69.7 Å². The van der Waals surface area contributed by atoms with Crippen molar-refractivity contribution in [3.8, 4) is 0 Å². The molecule has 0 amide bonds. The summed E-state index contributed by atoms with van der Waals surface area (Å²) in [7, 11) is 0. The second kappa shape index (κ2) is 12.6. The maximum Gasteiger partial charge on any atom is 1.00 e. The summed E-state index contributed by atoms with van der Waals surface area (Å²) < 4.78 is -2.04. The molecule has 0 atom stereocenters. The van der Waals surface area contributed by atoms with E-state index in [1.807, 2.05) is 0 Å². The molecule has 0 heterocycles. The number of halogens is 4. The average Bonchev–Trinajstić information content (AvgIpc) is 2.27. The Morgan fingerprint density at radius 1 is 0.947 bits per heavy atom. The van der Waals surface area contributed by atoms with Gasteiger partial charge in [-0.05, 0) is 6.42 Å². The molecule has 0 N–H and O–H groups in total. The second-order valence-electron chi connectivity index (χ2n) is 4.44. The fourth-order valence-electron chi connectivity index (χ4n) is 1.61. The van der Waals surface area contributed by atoms with E-state index in [0.29, 0.717) is 6.42 Å².